The number of carbonyl (C=O) groups excluding carboxylic acids is 2. The van der Waals surface area contributed by atoms with Crippen LogP contribution in [0.4, 0.5) is 13.6 Å². The molecule has 2 aromatic rings. The Balaban J connectivity index is 1.67. The van der Waals surface area contributed by atoms with Crippen LogP contribution in [-0.2, 0) is 14.6 Å². The predicted molar refractivity (Wildman–Crippen MR) is 124 cm³/mol. The third-order valence-corrected chi connectivity index (χ3v) is 8.85. The molecule has 2 saturated heterocycles. The van der Waals surface area contributed by atoms with Crippen molar-refractivity contribution in [3.8, 4) is 0 Å². The fourth-order valence-electron chi connectivity index (χ4n) is 5.17. The number of hydrogen-bond donors (Lipinski definition) is 0. The normalized spacial score (nSPS) is 23.8. The van der Waals surface area contributed by atoms with Gasteiger partial charge in [-0.1, -0.05) is 30.3 Å². The molecule has 1 unspecified atom stereocenters. The molecule has 182 valence electrons. The Morgan fingerprint density at radius 1 is 1.06 bits per heavy atom. The van der Waals surface area contributed by atoms with Gasteiger partial charge in [0.05, 0.1) is 23.6 Å². The van der Waals surface area contributed by atoms with E-state index in [9.17, 15) is 26.8 Å². The SMILES string of the molecule is C[C@H]1C(c2ccccc2)N(C(=O)C[C@@H](c2cc(F)cc(F)c2)C2CCS(=O)(=O)CC2)C(=O)N1C. The van der Waals surface area contributed by atoms with E-state index in [-0.39, 0.29) is 29.9 Å². The van der Waals surface area contributed by atoms with Crippen molar-refractivity contribution >= 4 is 21.8 Å². The van der Waals surface area contributed by atoms with Crippen molar-refractivity contribution in [3.63, 3.8) is 0 Å². The number of amides is 3. The van der Waals surface area contributed by atoms with Crippen LogP contribution in [-0.4, -0.2) is 54.8 Å². The first-order valence-electron chi connectivity index (χ1n) is 11.4. The molecular formula is C25H28F2N2O4S. The maximum absolute atomic E-state index is 14.1. The second-order valence-electron chi connectivity index (χ2n) is 9.26. The number of halogens is 2. The topological polar surface area (TPSA) is 74.8 Å². The van der Waals surface area contributed by atoms with Gasteiger partial charge in [-0.3, -0.25) is 9.69 Å². The maximum Gasteiger partial charge on any atom is 0.327 e. The van der Waals surface area contributed by atoms with Crippen LogP contribution in [0.5, 0.6) is 0 Å². The van der Waals surface area contributed by atoms with Crippen LogP contribution in [0.25, 0.3) is 0 Å². The van der Waals surface area contributed by atoms with E-state index in [1.54, 1.807) is 7.05 Å². The molecule has 3 atom stereocenters. The van der Waals surface area contributed by atoms with E-state index >= 15 is 0 Å². The number of nitrogens with zero attached hydrogens (tertiary/aromatic N) is 2. The average Bonchev–Trinajstić information content (AvgIpc) is 3.01. The first-order valence-corrected chi connectivity index (χ1v) is 13.2. The van der Waals surface area contributed by atoms with Gasteiger partial charge in [-0.05, 0) is 54.9 Å². The lowest BCUT2D eigenvalue weighted by atomic mass is 9.79. The zero-order valence-electron chi connectivity index (χ0n) is 19.2. The van der Waals surface area contributed by atoms with Gasteiger partial charge in [0.25, 0.3) is 0 Å². The summed E-state index contributed by atoms with van der Waals surface area (Å²) in [6.07, 6.45) is 0.443. The molecule has 2 fully saturated rings. The Hall–Kier alpha value is -2.81. The van der Waals surface area contributed by atoms with E-state index < -0.39 is 45.4 Å². The Morgan fingerprint density at radius 2 is 1.65 bits per heavy atom. The van der Waals surface area contributed by atoms with Crippen molar-refractivity contribution in [2.24, 2.45) is 5.92 Å². The fourth-order valence-corrected chi connectivity index (χ4v) is 6.70. The molecule has 0 saturated carbocycles. The lowest BCUT2D eigenvalue weighted by molar-refractivity contribution is -0.130. The summed E-state index contributed by atoms with van der Waals surface area (Å²) >= 11 is 0. The summed E-state index contributed by atoms with van der Waals surface area (Å²) in [5.74, 6) is -2.90. The number of hydrogen-bond acceptors (Lipinski definition) is 4. The smallest absolute Gasteiger partial charge is 0.322 e. The Labute approximate surface area is 198 Å². The average molecular weight is 491 g/mol. The van der Waals surface area contributed by atoms with Crippen LogP contribution in [0.1, 0.15) is 49.3 Å². The zero-order chi connectivity index (χ0) is 24.6. The van der Waals surface area contributed by atoms with E-state index in [1.807, 2.05) is 37.3 Å². The van der Waals surface area contributed by atoms with Gasteiger partial charge in [0.15, 0.2) is 0 Å². The first-order chi connectivity index (χ1) is 16.1. The van der Waals surface area contributed by atoms with Crippen molar-refractivity contribution in [2.45, 2.75) is 44.2 Å². The van der Waals surface area contributed by atoms with Crippen molar-refractivity contribution in [3.05, 3.63) is 71.3 Å². The van der Waals surface area contributed by atoms with E-state index in [0.717, 1.165) is 11.6 Å². The minimum absolute atomic E-state index is 0.0325. The molecule has 2 aliphatic heterocycles. The number of carbonyl (C=O) groups is 2. The van der Waals surface area contributed by atoms with Crippen LogP contribution in [0.15, 0.2) is 48.5 Å². The first kappa shape index (κ1) is 24.3. The highest BCUT2D eigenvalue weighted by molar-refractivity contribution is 7.91. The predicted octanol–water partition coefficient (Wildman–Crippen LogP) is 4.29. The molecule has 0 N–H and O–H groups in total. The Kier molecular flexibility index (Phi) is 6.75. The molecular weight excluding hydrogens is 462 g/mol. The second-order valence-corrected chi connectivity index (χ2v) is 11.6. The van der Waals surface area contributed by atoms with Gasteiger partial charge < -0.3 is 4.90 Å². The van der Waals surface area contributed by atoms with Crippen molar-refractivity contribution < 1.29 is 26.8 Å². The molecule has 0 radical (unpaired) electrons. The van der Waals surface area contributed by atoms with Gasteiger partial charge in [0.1, 0.15) is 21.5 Å². The number of rotatable bonds is 5. The van der Waals surface area contributed by atoms with E-state index in [2.05, 4.69) is 0 Å². The monoisotopic (exact) mass is 490 g/mol. The zero-order valence-corrected chi connectivity index (χ0v) is 20.0. The van der Waals surface area contributed by atoms with Crippen molar-refractivity contribution in [1.29, 1.82) is 0 Å². The fraction of sp³-hybridized carbons (Fsp3) is 0.440. The summed E-state index contributed by atoms with van der Waals surface area (Å²) in [6, 6.07) is 11.2. The summed E-state index contributed by atoms with van der Waals surface area (Å²) in [7, 11) is -1.52. The van der Waals surface area contributed by atoms with Crippen LogP contribution in [0, 0.1) is 17.6 Å². The summed E-state index contributed by atoms with van der Waals surface area (Å²) < 4.78 is 52.1. The highest BCUT2D eigenvalue weighted by atomic mass is 32.2. The maximum atomic E-state index is 14.1. The summed E-state index contributed by atoms with van der Waals surface area (Å²) in [5, 5.41) is 0. The van der Waals surface area contributed by atoms with Crippen molar-refractivity contribution in [1.82, 2.24) is 9.80 Å². The minimum atomic E-state index is -3.16. The quantitative estimate of drug-likeness (QED) is 0.627. The molecule has 0 aliphatic carbocycles. The molecule has 6 nitrogen and oxygen atoms in total. The second kappa shape index (κ2) is 9.44. The molecule has 34 heavy (non-hydrogen) atoms. The molecule has 2 heterocycles. The molecule has 9 heteroatoms. The van der Waals surface area contributed by atoms with E-state index in [4.69, 9.17) is 0 Å². The number of sulfone groups is 1. The molecule has 0 bridgehead atoms. The number of benzene rings is 2. The number of imide groups is 1. The van der Waals surface area contributed by atoms with Gasteiger partial charge in [-0.25, -0.2) is 22.0 Å². The van der Waals surface area contributed by atoms with Crippen LogP contribution in [0.3, 0.4) is 0 Å². The number of urea groups is 1. The Morgan fingerprint density at radius 3 is 2.24 bits per heavy atom. The summed E-state index contributed by atoms with van der Waals surface area (Å²) in [5.41, 5.74) is 1.12. The van der Waals surface area contributed by atoms with Crippen molar-refractivity contribution in [2.75, 3.05) is 18.6 Å². The summed E-state index contributed by atoms with van der Waals surface area (Å²) in [4.78, 5) is 29.4. The lowest BCUT2D eigenvalue weighted by Crippen LogP contribution is -2.38. The third-order valence-electron chi connectivity index (χ3n) is 7.14. The number of likely N-dealkylation sites (N-methyl/N-ethyl adjacent to an activating group) is 1. The van der Waals surface area contributed by atoms with E-state index in [0.29, 0.717) is 18.4 Å². The van der Waals surface area contributed by atoms with Crippen LogP contribution < -0.4 is 0 Å². The molecule has 3 amide bonds. The molecule has 2 aliphatic rings. The largest absolute Gasteiger partial charge is 0.327 e. The highest BCUT2D eigenvalue weighted by Crippen LogP contribution is 2.40. The van der Waals surface area contributed by atoms with Gasteiger partial charge in [-0.2, -0.15) is 0 Å². The highest BCUT2D eigenvalue weighted by Gasteiger charge is 2.46. The molecule has 4 rings (SSSR count). The minimum Gasteiger partial charge on any atom is -0.322 e. The van der Waals surface area contributed by atoms with Gasteiger partial charge >= 0.3 is 6.03 Å². The van der Waals surface area contributed by atoms with Gasteiger partial charge in [-0.15, -0.1) is 0 Å². The molecule has 0 spiro atoms. The van der Waals surface area contributed by atoms with Crippen LogP contribution in [0.2, 0.25) is 0 Å². The Bertz CT molecular complexity index is 1150. The van der Waals surface area contributed by atoms with Gasteiger partial charge in [0.2, 0.25) is 5.91 Å². The van der Waals surface area contributed by atoms with Crippen LogP contribution >= 0.6 is 0 Å². The standard InChI is InChI=1S/C25H28F2N2O4S/c1-16-24(18-6-4-3-5-7-18)29(25(31)28(16)2)23(30)15-22(17-8-10-34(32,33)11-9-17)19-12-20(26)14-21(27)13-19/h3-7,12-14,16-17,22,24H,8-11,15H2,1-2H3/t16-,22+,24?/m0/s1. The van der Waals surface area contributed by atoms with Gasteiger partial charge in [0, 0.05) is 19.5 Å². The summed E-state index contributed by atoms with van der Waals surface area (Å²) in [6.45, 7) is 1.87. The lowest BCUT2D eigenvalue weighted by Gasteiger charge is -2.32. The molecule has 2 aromatic carbocycles. The molecule has 0 aromatic heterocycles. The third kappa shape index (κ3) is 4.85. The van der Waals surface area contributed by atoms with E-state index in [1.165, 1.54) is 21.9 Å².